The number of alkyl halides is 3. The number of hydrogen-bond donors (Lipinski definition) is 2. The molecule has 1 aliphatic rings. The summed E-state index contributed by atoms with van der Waals surface area (Å²) in [6.45, 7) is -1.50. The van der Waals surface area contributed by atoms with Gasteiger partial charge in [0.2, 0.25) is 5.90 Å². The molecule has 44 heavy (non-hydrogen) atoms. The number of nitrogens with zero attached hydrogens (tertiary/aromatic N) is 4. The number of sulfone groups is 1. The molecule has 2 N–H and O–H groups in total. The Kier molecular flexibility index (Phi) is 10.1. The summed E-state index contributed by atoms with van der Waals surface area (Å²) in [7, 11) is -4.03. The van der Waals surface area contributed by atoms with Gasteiger partial charge < -0.3 is 19.9 Å². The van der Waals surface area contributed by atoms with Crippen LogP contribution in [0.1, 0.15) is 30.1 Å². The molecule has 4 rings (SSSR count). The van der Waals surface area contributed by atoms with Crippen LogP contribution >= 0.6 is 0 Å². The normalized spacial score (nSPS) is 18.1. The predicted octanol–water partition coefficient (Wildman–Crippen LogP) is 5.19. The maximum atomic E-state index is 13.8. The molecule has 0 aliphatic carbocycles. The van der Waals surface area contributed by atoms with Gasteiger partial charge in [-0.15, -0.1) is 0 Å². The molecule has 0 saturated carbocycles. The van der Waals surface area contributed by atoms with Gasteiger partial charge in [0, 0.05) is 41.2 Å². The average molecular weight is 632 g/mol. The maximum absolute atomic E-state index is 13.8. The largest absolute Gasteiger partial charge is 0.494 e. The van der Waals surface area contributed by atoms with Crippen LogP contribution in [0.3, 0.4) is 0 Å². The van der Waals surface area contributed by atoms with E-state index in [0.29, 0.717) is 17.7 Å². The van der Waals surface area contributed by atoms with Gasteiger partial charge in [0.05, 0.1) is 17.3 Å². The Balaban J connectivity index is 1.82. The van der Waals surface area contributed by atoms with Gasteiger partial charge in [-0.05, 0) is 41.9 Å². The van der Waals surface area contributed by atoms with Crippen molar-refractivity contribution in [3.05, 3.63) is 100 Å². The zero-order valence-corrected chi connectivity index (χ0v) is 24.0. The molecule has 0 bridgehead atoms. The van der Waals surface area contributed by atoms with Crippen molar-refractivity contribution in [3.63, 3.8) is 0 Å². The number of aliphatic hydroxyl groups is 1. The Morgan fingerprint density at radius 1 is 1.09 bits per heavy atom. The summed E-state index contributed by atoms with van der Waals surface area (Å²) < 4.78 is 78.0. The van der Waals surface area contributed by atoms with E-state index in [9.17, 15) is 26.4 Å². The molecular weight excluding hydrogens is 603 g/mol. The minimum absolute atomic E-state index is 0.0167. The fraction of sp³-hybridized carbons (Fsp3) is 0.310. The number of rotatable bonds is 13. The number of aliphatic hydroxyl groups excluding tert-OH is 1. The molecule has 0 spiro atoms. The summed E-state index contributed by atoms with van der Waals surface area (Å²) in [5.41, 5.74) is 7.38. The quantitative estimate of drug-likeness (QED) is 0.114. The van der Waals surface area contributed by atoms with Gasteiger partial charge in [-0.2, -0.15) is 13.2 Å². The Morgan fingerprint density at radius 3 is 2.43 bits per heavy atom. The van der Waals surface area contributed by atoms with Crippen molar-refractivity contribution in [2.24, 2.45) is 10.1 Å². The Labute approximate surface area is 250 Å². The van der Waals surface area contributed by atoms with Crippen LogP contribution in [0.15, 0.2) is 93.9 Å². The molecule has 1 aliphatic heterocycles. The van der Waals surface area contributed by atoms with E-state index in [1.54, 1.807) is 42.5 Å². The van der Waals surface area contributed by atoms with Gasteiger partial charge in [-0.3, -0.25) is 4.79 Å². The van der Waals surface area contributed by atoms with Crippen LogP contribution in [0.25, 0.3) is 10.4 Å². The number of nitrogens with one attached hydrogen (secondary N) is 1. The molecule has 3 aromatic carbocycles. The van der Waals surface area contributed by atoms with Crippen molar-refractivity contribution in [1.29, 1.82) is 0 Å². The number of ether oxygens (including phenoxy) is 2. The first kappa shape index (κ1) is 32.3. The first-order chi connectivity index (χ1) is 21.0. The molecule has 15 heteroatoms. The van der Waals surface area contributed by atoms with Crippen molar-refractivity contribution >= 4 is 27.3 Å². The van der Waals surface area contributed by atoms with Crippen LogP contribution in [0.4, 0.5) is 18.9 Å². The van der Waals surface area contributed by atoms with Crippen molar-refractivity contribution in [3.8, 4) is 5.75 Å². The molecule has 1 heterocycles. The van der Waals surface area contributed by atoms with Gasteiger partial charge in [-0.1, -0.05) is 47.6 Å². The van der Waals surface area contributed by atoms with Crippen molar-refractivity contribution < 1.29 is 41.0 Å². The lowest BCUT2D eigenvalue weighted by Crippen LogP contribution is -2.51. The SMILES string of the molecule is [N-]=[N+]=Nc1ccccc1[C@H]1OC(c2ccc(OCCCO)cc2)=N[C@@]1(CCS(=O)(=O)c1ccccc1)C(=O)NCC(F)(F)F. The summed E-state index contributed by atoms with van der Waals surface area (Å²) in [6, 6.07) is 19.6. The van der Waals surface area contributed by atoms with Crippen LogP contribution in [0, 0.1) is 0 Å². The van der Waals surface area contributed by atoms with Crippen molar-refractivity contribution in [1.82, 2.24) is 5.32 Å². The summed E-state index contributed by atoms with van der Waals surface area (Å²) in [5.74, 6) is -1.59. The third kappa shape index (κ3) is 7.67. The molecule has 0 saturated heterocycles. The standard InChI is InChI=1S/C29H28F3N5O6S/c30-29(31,32)19-34-27(39)28(15-18-44(40,41)22-7-2-1-3-8-22)25(23-9-4-5-10-24(23)36-37-33)43-26(35-28)20-11-13-21(14-12-20)42-17-6-16-38/h1-5,7-14,25,38H,6,15-19H2,(H,34,39)/t25-,28-/m1/s1. The highest BCUT2D eigenvalue weighted by Gasteiger charge is 2.54. The monoisotopic (exact) mass is 631 g/mol. The second-order valence-electron chi connectivity index (χ2n) is 9.72. The van der Waals surface area contributed by atoms with Gasteiger partial charge in [0.1, 0.15) is 12.3 Å². The minimum atomic E-state index is -4.77. The topological polar surface area (TPSA) is 163 Å². The zero-order valence-electron chi connectivity index (χ0n) is 23.1. The number of halogens is 3. The second-order valence-corrected chi connectivity index (χ2v) is 11.8. The van der Waals surface area contributed by atoms with Crippen LogP contribution < -0.4 is 10.1 Å². The molecule has 0 fully saturated rings. The van der Waals surface area contributed by atoms with Crippen LogP contribution in [-0.4, -0.2) is 62.6 Å². The Bertz CT molecular complexity index is 1650. The van der Waals surface area contributed by atoms with E-state index in [0.717, 1.165) is 0 Å². The number of benzene rings is 3. The Morgan fingerprint density at radius 2 is 1.77 bits per heavy atom. The fourth-order valence-corrected chi connectivity index (χ4v) is 5.95. The molecule has 0 aromatic heterocycles. The van der Waals surface area contributed by atoms with Gasteiger partial charge in [0.15, 0.2) is 21.5 Å². The zero-order chi connectivity index (χ0) is 31.8. The summed E-state index contributed by atoms with van der Waals surface area (Å²) in [4.78, 5) is 21.0. The molecule has 2 atom stereocenters. The second kappa shape index (κ2) is 13.8. The van der Waals surface area contributed by atoms with E-state index in [1.807, 2.05) is 5.32 Å². The van der Waals surface area contributed by atoms with Crippen molar-refractivity contribution in [2.75, 3.05) is 25.5 Å². The van der Waals surface area contributed by atoms with Gasteiger partial charge in [0.25, 0.3) is 5.91 Å². The van der Waals surface area contributed by atoms with E-state index in [1.165, 1.54) is 36.4 Å². The minimum Gasteiger partial charge on any atom is -0.494 e. The summed E-state index contributed by atoms with van der Waals surface area (Å²) in [6.07, 6.45) is -6.41. The smallest absolute Gasteiger partial charge is 0.405 e. The number of carbonyl (C=O) groups excluding carboxylic acids is 1. The Hall–Kier alpha value is -4.59. The molecule has 1 amide bonds. The number of carbonyl (C=O) groups is 1. The first-order valence-electron chi connectivity index (χ1n) is 13.4. The molecular formula is C29H28F3N5O6S. The molecule has 11 nitrogen and oxygen atoms in total. The van der Waals surface area contributed by atoms with E-state index >= 15 is 0 Å². The lowest BCUT2D eigenvalue weighted by atomic mass is 9.84. The summed E-state index contributed by atoms with van der Waals surface area (Å²) >= 11 is 0. The van der Waals surface area contributed by atoms with Crippen molar-refractivity contribution in [2.45, 2.75) is 35.6 Å². The highest BCUT2D eigenvalue weighted by molar-refractivity contribution is 7.91. The third-order valence-corrected chi connectivity index (χ3v) is 8.44. The summed E-state index contributed by atoms with van der Waals surface area (Å²) in [5, 5.41) is 14.5. The average Bonchev–Trinajstić information content (AvgIpc) is 3.41. The molecule has 0 radical (unpaired) electrons. The van der Waals surface area contributed by atoms with E-state index < -0.39 is 52.3 Å². The highest BCUT2D eigenvalue weighted by Crippen LogP contribution is 2.46. The number of hydrogen-bond acceptors (Lipinski definition) is 8. The predicted molar refractivity (Wildman–Crippen MR) is 154 cm³/mol. The lowest BCUT2D eigenvalue weighted by Gasteiger charge is -2.31. The van der Waals surface area contributed by atoms with Gasteiger partial charge >= 0.3 is 6.18 Å². The fourth-order valence-electron chi connectivity index (χ4n) is 4.56. The number of amides is 1. The van der Waals surface area contributed by atoms with E-state index in [-0.39, 0.29) is 35.3 Å². The third-order valence-electron chi connectivity index (χ3n) is 6.71. The maximum Gasteiger partial charge on any atom is 0.405 e. The molecule has 3 aromatic rings. The highest BCUT2D eigenvalue weighted by atomic mass is 32.2. The van der Waals surface area contributed by atoms with E-state index in [2.05, 4.69) is 15.0 Å². The van der Waals surface area contributed by atoms with Crippen LogP contribution in [-0.2, 0) is 19.4 Å². The number of azide groups is 1. The lowest BCUT2D eigenvalue weighted by molar-refractivity contribution is -0.143. The number of aliphatic imine (C=N–C) groups is 1. The molecule has 232 valence electrons. The first-order valence-corrected chi connectivity index (χ1v) is 15.0. The van der Waals surface area contributed by atoms with E-state index in [4.69, 9.17) is 20.1 Å². The molecule has 0 unspecified atom stereocenters. The van der Waals surface area contributed by atoms with Gasteiger partial charge in [-0.25, -0.2) is 13.4 Å². The van der Waals surface area contributed by atoms with Crippen LogP contribution in [0.5, 0.6) is 5.75 Å². The van der Waals surface area contributed by atoms with Crippen LogP contribution in [0.2, 0.25) is 0 Å².